The van der Waals surface area contributed by atoms with Crippen LogP contribution in [0.4, 0.5) is 0 Å². The van der Waals surface area contributed by atoms with Crippen molar-refractivity contribution in [3.63, 3.8) is 0 Å². The fourth-order valence-electron chi connectivity index (χ4n) is 2.74. The Morgan fingerprint density at radius 3 is 2.47 bits per heavy atom. The van der Waals surface area contributed by atoms with Gasteiger partial charge in [0.25, 0.3) is 11.8 Å². The number of hydrazine groups is 1. The Balaban J connectivity index is 1.86. The van der Waals surface area contributed by atoms with Crippen molar-refractivity contribution in [2.24, 2.45) is 0 Å². The number of para-hydroxylation sites is 1. The Morgan fingerprint density at radius 2 is 1.80 bits per heavy atom. The first-order valence-corrected chi connectivity index (χ1v) is 11.2. The van der Waals surface area contributed by atoms with E-state index in [1.54, 1.807) is 6.92 Å². The molecule has 6 nitrogen and oxygen atoms in total. The first-order chi connectivity index (χ1) is 14.2. The minimum Gasteiger partial charge on any atom is -0.482 e. The molecule has 8 heteroatoms. The van der Waals surface area contributed by atoms with E-state index < -0.39 is 17.9 Å². The van der Waals surface area contributed by atoms with Crippen LogP contribution in [0, 0.1) is 6.92 Å². The van der Waals surface area contributed by atoms with E-state index in [0.717, 1.165) is 26.5 Å². The van der Waals surface area contributed by atoms with Crippen molar-refractivity contribution in [3.8, 4) is 11.5 Å². The zero-order valence-corrected chi connectivity index (χ0v) is 20.6. The zero-order chi connectivity index (χ0) is 22.3. The lowest BCUT2D eigenvalue weighted by Gasteiger charge is -2.19. The van der Waals surface area contributed by atoms with Crippen LogP contribution in [0.2, 0.25) is 0 Å². The second-order valence-corrected chi connectivity index (χ2v) is 8.74. The van der Waals surface area contributed by atoms with Crippen molar-refractivity contribution in [2.75, 3.05) is 6.61 Å². The van der Waals surface area contributed by atoms with Gasteiger partial charge in [-0.3, -0.25) is 20.4 Å². The molecule has 30 heavy (non-hydrogen) atoms. The van der Waals surface area contributed by atoms with Gasteiger partial charge in [0.1, 0.15) is 11.5 Å². The van der Waals surface area contributed by atoms with Crippen molar-refractivity contribution in [3.05, 3.63) is 56.5 Å². The number of nitrogens with one attached hydrogen (secondary N) is 2. The molecule has 2 N–H and O–H groups in total. The number of halogens is 2. The van der Waals surface area contributed by atoms with Crippen molar-refractivity contribution in [1.29, 1.82) is 0 Å². The predicted octanol–water partition coefficient (Wildman–Crippen LogP) is 5.03. The first-order valence-electron chi connectivity index (χ1n) is 9.65. The van der Waals surface area contributed by atoms with Crippen LogP contribution >= 0.6 is 31.9 Å². The molecule has 2 unspecified atom stereocenters. The summed E-state index contributed by atoms with van der Waals surface area (Å²) in [7, 11) is 0. The fourth-order valence-corrected chi connectivity index (χ4v) is 4.29. The highest BCUT2D eigenvalue weighted by molar-refractivity contribution is 9.11. The standard InChI is InChI=1S/C22H26Br2N2O4/c1-5-13(2)17-8-6-7-9-19(17)30-15(4)22(28)26-25-20(27)12-29-21-14(3)10-16(23)11-18(21)24/h6-11,13,15H,5,12H2,1-4H3,(H,25,27)(H,26,28). The Kier molecular flexibility index (Phi) is 9.17. The zero-order valence-electron chi connectivity index (χ0n) is 17.4. The number of hydrogen-bond donors (Lipinski definition) is 2. The van der Waals surface area contributed by atoms with Crippen LogP contribution in [0.5, 0.6) is 11.5 Å². The molecule has 0 aliphatic carbocycles. The molecule has 0 aromatic heterocycles. The van der Waals surface area contributed by atoms with Gasteiger partial charge in [0, 0.05) is 4.47 Å². The molecule has 2 aromatic carbocycles. The molecule has 0 aliphatic heterocycles. The van der Waals surface area contributed by atoms with E-state index in [4.69, 9.17) is 9.47 Å². The number of carbonyl (C=O) groups is 2. The number of ether oxygens (including phenoxy) is 2. The molecule has 0 saturated heterocycles. The van der Waals surface area contributed by atoms with Gasteiger partial charge >= 0.3 is 0 Å². The van der Waals surface area contributed by atoms with Crippen LogP contribution < -0.4 is 20.3 Å². The maximum absolute atomic E-state index is 12.3. The third-order valence-electron chi connectivity index (χ3n) is 4.60. The molecule has 0 bridgehead atoms. The summed E-state index contributed by atoms with van der Waals surface area (Å²) in [4.78, 5) is 24.4. The normalized spacial score (nSPS) is 12.6. The third kappa shape index (κ3) is 6.74. The van der Waals surface area contributed by atoms with Gasteiger partial charge in [0.05, 0.1) is 4.47 Å². The second kappa shape index (κ2) is 11.4. The van der Waals surface area contributed by atoms with Crippen molar-refractivity contribution in [2.45, 2.75) is 46.1 Å². The maximum atomic E-state index is 12.3. The molecule has 0 heterocycles. The summed E-state index contributed by atoms with van der Waals surface area (Å²) in [5.74, 6) is 0.612. The highest BCUT2D eigenvalue weighted by atomic mass is 79.9. The molecule has 0 spiro atoms. The van der Waals surface area contributed by atoms with Gasteiger partial charge in [0.15, 0.2) is 12.7 Å². The number of aryl methyl sites for hydroxylation is 1. The van der Waals surface area contributed by atoms with Crippen molar-refractivity contribution in [1.82, 2.24) is 10.9 Å². The highest BCUT2D eigenvalue weighted by Gasteiger charge is 2.18. The summed E-state index contributed by atoms with van der Waals surface area (Å²) >= 11 is 6.81. The molecule has 2 rings (SSSR count). The lowest BCUT2D eigenvalue weighted by Crippen LogP contribution is -2.48. The quantitative estimate of drug-likeness (QED) is 0.460. The van der Waals surface area contributed by atoms with Gasteiger partial charge in [-0.25, -0.2) is 0 Å². The van der Waals surface area contributed by atoms with Gasteiger partial charge in [-0.2, -0.15) is 0 Å². The molecule has 0 fully saturated rings. The fraction of sp³-hybridized carbons (Fsp3) is 0.364. The van der Waals surface area contributed by atoms with Gasteiger partial charge in [-0.15, -0.1) is 0 Å². The van der Waals surface area contributed by atoms with Gasteiger partial charge < -0.3 is 9.47 Å². The summed E-state index contributed by atoms with van der Waals surface area (Å²) in [6.07, 6.45) is 0.185. The molecule has 162 valence electrons. The molecule has 0 aliphatic rings. The molecule has 2 aromatic rings. The minimum absolute atomic E-state index is 0.243. The smallest absolute Gasteiger partial charge is 0.279 e. The number of rotatable bonds is 8. The average Bonchev–Trinajstić information content (AvgIpc) is 2.70. The SMILES string of the molecule is CCC(C)c1ccccc1OC(C)C(=O)NNC(=O)COc1c(C)cc(Br)cc1Br. The Morgan fingerprint density at radius 1 is 1.10 bits per heavy atom. The van der Waals surface area contributed by atoms with Crippen molar-refractivity contribution >= 4 is 43.7 Å². The monoisotopic (exact) mass is 540 g/mol. The Labute approximate surface area is 193 Å². The van der Waals surface area contributed by atoms with Crippen LogP contribution in [-0.4, -0.2) is 24.5 Å². The highest BCUT2D eigenvalue weighted by Crippen LogP contribution is 2.32. The van der Waals surface area contributed by atoms with E-state index in [1.165, 1.54) is 0 Å². The van der Waals surface area contributed by atoms with E-state index in [2.05, 4.69) is 56.6 Å². The minimum atomic E-state index is -0.778. The molecular formula is C22H26Br2N2O4. The van der Waals surface area contributed by atoms with Crippen LogP contribution in [0.1, 0.15) is 44.2 Å². The number of amides is 2. The summed E-state index contributed by atoms with van der Waals surface area (Å²) in [6.45, 7) is 7.48. The molecule has 0 saturated carbocycles. The summed E-state index contributed by atoms with van der Waals surface area (Å²) < 4.78 is 13.0. The van der Waals surface area contributed by atoms with E-state index in [1.807, 2.05) is 43.3 Å². The number of carbonyl (C=O) groups excluding carboxylic acids is 2. The van der Waals surface area contributed by atoms with Crippen molar-refractivity contribution < 1.29 is 19.1 Å². The average molecular weight is 542 g/mol. The lowest BCUT2D eigenvalue weighted by atomic mass is 9.98. The maximum Gasteiger partial charge on any atom is 0.279 e. The van der Waals surface area contributed by atoms with E-state index in [9.17, 15) is 9.59 Å². The third-order valence-corrected chi connectivity index (χ3v) is 5.65. The summed E-state index contributed by atoms with van der Waals surface area (Å²) in [6, 6.07) is 11.4. The Bertz CT molecular complexity index is 881. The first kappa shape index (κ1) is 24.2. The molecular weight excluding hydrogens is 516 g/mol. The van der Waals surface area contributed by atoms with Gasteiger partial charge in [-0.05, 0) is 71.4 Å². The van der Waals surface area contributed by atoms with Crippen LogP contribution in [0.15, 0.2) is 45.3 Å². The topological polar surface area (TPSA) is 76.7 Å². The van der Waals surface area contributed by atoms with Gasteiger partial charge in [0.2, 0.25) is 0 Å². The van der Waals surface area contributed by atoms with E-state index in [-0.39, 0.29) is 6.61 Å². The molecule has 2 atom stereocenters. The Hall–Kier alpha value is -2.06. The van der Waals surface area contributed by atoms with E-state index in [0.29, 0.717) is 17.4 Å². The van der Waals surface area contributed by atoms with E-state index >= 15 is 0 Å². The van der Waals surface area contributed by atoms with Crippen LogP contribution in [0.3, 0.4) is 0 Å². The van der Waals surface area contributed by atoms with Gasteiger partial charge in [-0.1, -0.05) is 48.0 Å². The summed E-state index contributed by atoms with van der Waals surface area (Å²) in [5.41, 5.74) is 6.65. The molecule has 0 radical (unpaired) electrons. The second-order valence-electron chi connectivity index (χ2n) is 6.97. The largest absolute Gasteiger partial charge is 0.482 e. The van der Waals surface area contributed by atoms with Crippen LogP contribution in [0.25, 0.3) is 0 Å². The summed E-state index contributed by atoms with van der Waals surface area (Å²) in [5, 5.41) is 0. The number of benzene rings is 2. The lowest BCUT2D eigenvalue weighted by molar-refractivity contribution is -0.133. The molecule has 2 amide bonds. The number of hydrogen-bond acceptors (Lipinski definition) is 4. The predicted molar refractivity (Wildman–Crippen MR) is 124 cm³/mol. The van der Waals surface area contributed by atoms with Crippen LogP contribution in [-0.2, 0) is 9.59 Å².